The van der Waals surface area contributed by atoms with Crippen LogP contribution in [0.5, 0.6) is 0 Å². The van der Waals surface area contributed by atoms with Crippen LogP contribution < -0.4 is 10.6 Å². The van der Waals surface area contributed by atoms with Gasteiger partial charge in [-0.25, -0.2) is 13.2 Å². The fourth-order valence-corrected chi connectivity index (χ4v) is 2.95. The maximum atomic E-state index is 13.5. The number of halogens is 6. The van der Waals surface area contributed by atoms with Crippen molar-refractivity contribution in [1.29, 1.82) is 0 Å². The molecule has 0 aliphatic heterocycles. The minimum Gasteiger partial charge on any atom is -0.347 e. The molecule has 2 unspecified atom stereocenters. The first kappa shape index (κ1) is 20.1. The van der Waals surface area contributed by atoms with E-state index in [0.717, 1.165) is 6.07 Å². The van der Waals surface area contributed by atoms with Gasteiger partial charge >= 0.3 is 6.18 Å². The molecule has 26 heavy (non-hydrogen) atoms. The van der Waals surface area contributed by atoms with E-state index in [1.54, 1.807) is 0 Å². The number of alkyl halides is 3. The topological polar surface area (TPSA) is 58.2 Å². The lowest BCUT2D eigenvalue weighted by atomic mass is 9.78. The summed E-state index contributed by atoms with van der Waals surface area (Å²) in [4.78, 5) is 23.7. The van der Waals surface area contributed by atoms with E-state index in [1.165, 1.54) is 0 Å². The summed E-state index contributed by atoms with van der Waals surface area (Å²) in [7, 11) is 0. The Morgan fingerprint density at radius 3 is 2.35 bits per heavy atom. The van der Waals surface area contributed by atoms with Gasteiger partial charge in [-0.15, -0.1) is 0 Å². The third-order valence-corrected chi connectivity index (χ3v) is 4.26. The van der Waals surface area contributed by atoms with Gasteiger partial charge in [0.2, 0.25) is 11.8 Å². The van der Waals surface area contributed by atoms with Gasteiger partial charge in [-0.05, 0) is 25.0 Å². The number of carbonyl (C=O) groups excluding carboxylic acids is 2. The third kappa shape index (κ3) is 4.67. The summed E-state index contributed by atoms with van der Waals surface area (Å²) in [6, 6.07) is 1.39. The van der Waals surface area contributed by atoms with Crippen LogP contribution in [0.15, 0.2) is 12.1 Å². The molecule has 2 N–H and O–H groups in total. The number of nitrogens with one attached hydrogen (secondary N) is 2. The zero-order valence-corrected chi connectivity index (χ0v) is 13.4. The second-order valence-corrected chi connectivity index (χ2v) is 6.03. The minimum absolute atomic E-state index is 0.0510. The predicted molar refractivity (Wildman–Crippen MR) is 79.5 cm³/mol. The SMILES string of the molecule is O=C(CNC(=O)C1CCCCC1C(F)(F)F)Nc1ccc(F)c(F)c1F. The molecule has 0 bridgehead atoms. The average molecular weight is 382 g/mol. The first-order valence-electron chi connectivity index (χ1n) is 7.89. The summed E-state index contributed by atoms with van der Waals surface area (Å²) < 4.78 is 78.3. The highest BCUT2D eigenvalue weighted by atomic mass is 19.4. The molecule has 2 atom stereocenters. The summed E-state index contributed by atoms with van der Waals surface area (Å²) in [6.07, 6.45) is -3.79. The van der Waals surface area contributed by atoms with Crippen molar-refractivity contribution >= 4 is 17.5 Å². The number of carbonyl (C=O) groups is 2. The Balaban J connectivity index is 1.94. The van der Waals surface area contributed by atoms with Gasteiger partial charge in [-0.1, -0.05) is 12.8 Å². The van der Waals surface area contributed by atoms with Crippen molar-refractivity contribution in [2.24, 2.45) is 11.8 Å². The highest BCUT2D eigenvalue weighted by molar-refractivity contribution is 5.94. The molecule has 1 fully saturated rings. The van der Waals surface area contributed by atoms with E-state index in [-0.39, 0.29) is 12.8 Å². The van der Waals surface area contributed by atoms with E-state index >= 15 is 0 Å². The lowest BCUT2D eigenvalue weighted by molar-refractivity contribution is -0.198. The monoisotopic (exact) mass is 382 g/mol. The van der Waals surface area contributed by atoms with E-state index < -0.39 is 59.5 Å². The van der Waals surface area contributed by atoms with Crippen molar-refractivity contribution in [3.63, 3.8) is 0 Å². The molecule has 0 aromatic heterocycles. The average Bonchev–Trinajstić information content (AvgIpc) is 2.59. The lowest BCUT2D eigenvalue weighted by Gasteiger charge is -2.31. The third-order valence-electron chi connectivity index (χ3n) is 4.26. The fourth-order valence-electron chi connectivity index (χ4n) is 2.95. The van der Waals surface area contributed by atoms with E-state index in [4.69, 9.17) is 0 Å². The van der Waals surface area contributed by atoms with Crippen molar-refractivity contribution in [1.82, 2.24) is 5.32 Å². The Labute approximate surface area is 144 Å². The minimum atomic E-state index is -4.51. The molecule has 1 saturated carbocycles. The van der Waals surface area contributed by atoms with Crippen molar-refractivity contribution in [2.45, 2.75) is 31.9 Å². The van der Waals surface area contributed by atoms with Gasteiger partial charge in [0.25, 0.3) is 0 Å². The van der Waals surface area contributed by atoms with Crippen LogP contribution in [-0.2, 0) is 9.59 Å². The van der Waals surface area contributed by atoms with Gasteiger partial charge in [-0.2, -0.15) is 13.2 Å². The Hall–Kier alpha value is -2.26. The summed E-state index contributed by atoms with van der Waals surface area (Å²) in [5.74, 6) is -9.81. The molecular formula is C16H16F6N2O2. The Bertz CT molecular complexity index is 692. The molecule has 4 nitrogen and oxygen atoms in total. The van der Waals surface area contributed by atoms with Gasteiger partial charge in [0, 0.05) is 5.92 Å². The Morgan fingerprint density at radius 1 is 1.04 bits per heavy atom. The van der Waals surface area contributed by atoms with Crippen molar-refractivity contribution in [3.05, 3.63) is 29.6 Å². The fraction of sp³-hybridized carbons (Fsp3) is 0.500. The van der Waals surface area contributed by atoms with Gasteiger partial charge < -0.3 is 10.6 Å². The van der Waals surface area contributed by atoms with Gasteiger partial charge in [0.15, 0.2) is 17.5 Å². The largest absolute Gasteiger partial charge is 0.392 e. The molecule has 1 aliphatic carbocycles. The van der Waals surface area contributed by atoms with Gasteiger partial charge in [-0.3, -0.25) is 9.59 Å². The Morgan fingerprint density at radius 2 is 1.69 bits per heavy atom. The van der Waals surface area contributed by atoms with Crippen LogP contribution in [0, 0.1) is 29.3 Å². The zero-order valence-electron chi connectivity index (χ0n) is 13.4. The molecule has 10 heteroatoms. The molecule has 2 amide bonds. The molecule has 2 rings (SSSR count). The number of amides is 2. The van der Waals surface area contributed by atoms with Crippen LogP contribution in [0.2, 0.25) is 0 Å². The molecule has 0 heterocycles. The molecule has 1 aromatic carbocycles. The molecule has 0 radical (unpaired) electrons. The van der Waals surface area contributed by atoms with E-state index in [2.05, 4.69) is 5.32 Å². The molecule has 1 aromatic rings. The highest BCUT2D eigenvalue weighted by Crippen LogP contribution is 2.41. The van der Waals surface area contributed by atoms with Gasteiger partial charge in [0.1, 0.15) is 0 Å². The number of rotatable bonds is 4. The van der Waals surface area contributed by atoms with Crippen LogP contribution in [-0.4, -0.2) is 24.5 Å². The second-order valence-electron chi connectivity index (χ2n) is 6.03. The van der Waals surface area contributed by atoms with Crippen molar-refractivity contribution < 1.29 is 35.9 Å². The van der Waals surface area contributed by atoms with Crippen LogP contribution in [0.3, 0.4) is 0 Å². The summed E-state index contributed by atoms with van der Waals surface area (Å²) in [6.45, 7) is -0.724. The summed E-state index contributed by atoms with van der Waals surface area (Å²) in [5, 5.41) is 4.00. The zero-order chi connectivity index (χ0) is 19.5. The highest BCUT2D eigenvalue weighted by Gasteiger charge is 2.48. The Kier molecular flexibility index (Phi) is 6.14. The van der Waals surface area contributed by atoms with Crippen molar-refractivity contribution in [2.75, 3.05) is 11.9 Å². The quantitative estimate of drug-likeness (QED) is 0.618. The smallest absolute Gasteiger partial charge is 0.347 e. The van der Waals surface area contributed by atoms with Crippen LogP contribution in [0.25, 0.3) is 0 Å². The van der Waals surface area contributed by atoms with Gasteiger partial charge in [0.05, 0.1) is 18.2 Å². The number of anilines is 1. The number of hydrogen-bond donors (Lipinski definition) is 2. The number of hydrogen-bond acceptors (Lipinski definition) is 2. The van der Waals surface area contributed by atoms with E-state index in [9.17, 15) is 35.9 Å². The van der Waals surface area contributed by atoms with Crippen LogP contribution in [0.1, 0.15) is 25.7 Å². The predicted octanol–water partition coefficient (Wildman–Crippen LogP) is 3.53. The molecule has 144 valence electrons. The summed E-state index contributed by atoms with van der Waals surface area (Å²) >= 11 is 0. The number of benzene rings is 1. The molecule has 0 spiro atoms. The van der Waals surface area contributed by atoms with E-state index in [1.807, 2.05) is 5.32 Å². The van der Waals surface area contributed by atoms with E-state index in [0.29, 0.717) is 18.9 Å². The molecule has 0 saturated heterocycles. The standard InChI is InChI=1S/C16H16F6N2O2/c17-10-5-6-11(14(19)13(10)18)24-12(25)7-23-15(26)8-3-1-2-4-9(8)16(20,21)22/h5-6,8-9H,1-4,7H2,(H,23,26)(H,24,25). The lowest BCUT2D eigenvalue weighted by Crippen LogP contribution is -2.44. The normalized spacial score (nSPS) is 20.5. The molecular weight excluding hydrogens is 366 g/mol. The van der Waals surface area contributed by atoms with Crippen molar-refractivity contribution in [3.8, 4) is 0 Å². The maximum absolute atomic E-state index is 13.5. The van der Waals surface area contributed by atoms with Crippen LogP contribution in [0.4, 0.5) is 32.0 Å². The molecule has 1 aliphatic rings. The second kappa shape index (κ2) is 7.96. The maximum Gasteiger partial charge on any atom is 0.392 e. The van der Waals surface area contributed by atoms with Crippen LogP contribution >= 0.6 is 0 Å². The first-order chi connectivity index (χ1) is 12.1. The first-order valence-corrected chi connectivity index (χ1v) is 7.89. The summed E-state index contributed by atoms with van der Waals surface area (Å²) in [5.41, 5.74) is -0.644.